The van der Waals surface area contributed by atoms with Crippen molar-refractivity contribution in [1.82, 2.24) is 0 Å². The first kappa shape index (κ1) is 20.8. The Bertz CT molecular complexity index is 825. The van der Waals surface area contributed by atoms with Crippen LogP contribution in [0.15, 0.2) is 24.3 Å². The number of aliphatic hydroxyl groups excluding tert-OH is 1. The van der Waals surface area contributed by atoms with Crippen molar-refractivity contribution in [2.24, 2.45) is 28.6 Å². The van der Waals surface area contributed by atoms with E-state index in [0.717, 1.165) is 50.5 Å². The minimum atomic E-state index is -1.08. The Labute approximate surface area is 180 Å². The highest BCUT2D eigenvalue weighted by Gasteiger charge is 2.72. The molecule has 0 aliphatic heterocycles. The maximum Gasteiger partial charge on any atom is 0.124 e. The topological polar surface area (TPSA) is 69.9 Å². The first-order chi connectivity index (χ1) is 14.2. The molecule has 4 aliphatic rings. The van der Waals surface area contributed by atoms with Gasteiger partial charge in [-0.1, -0.05) is 32.0 Å². The number of hydrogen-bond acceptors (Lipinski definition) is 4. The van der Waals surface area contributed by atoms with Gasteiger partial charge in [0.2, 0.25) is 0 Å². The highest BCUT2D eigenvalue weighted by molar-refractivity contribution is 5.42. The van der Waals surface area contributed by atoms with Gasteiger partial charge in [-0.15, -0.1) is 0 Å². The molecule has 0 bridgehead atoms. The summed E-state index contributed by atoms with van der Waals surface area (Å²) in [5.74, 6) is 1.97. The van der Waals surface area contributed by atoms with Crippen LogP contribution in [0, 0.1) is 28.6 Å². The maximum atomic E-state index is 12.3. The summed E-state index contributed by atoms with van der Waals surface area (Å²) >= 11 is 0. The molecule has 30 heavy (non-hydrogen) atoms. The molecule has 4 nitrogen and oxygen atoms in total. The largest absolute Gasteiger partial charge is 0.496 e. The summed E-state index contributed by atoms with van der Waals surface area (Å²) in [6.07, 6.45) is 7.88. The van der Waals surface area contributed by atoms with Gasteiger partial charge in [0, 0.05) is 11.0 Å². The zero-order valence-electron chi connectivity index (χ0n) is 18.7. The molecular formula is C26H38O4. The van der Waals surface area contributed by atoms with E-state index in [-0.39, 0.29) is 17.4 Å². The van der Waals surface area contributed by atoms with Gasteiger partial charge in [0.15, 0.2) is 0 Å². The fraction of sp³-hybridized carbons (Fsp3) is 0.769. The average Bonchev–Trinajstić information content (AvgIpc) is 2.96. The van der Waals surface area contributed by atoms with Crippen LogP contribution in [0.4, 0.5) is 0 Å². The molecule has 4 saturated carbocycles. The van der Waals surface area contributed by atoms with Crippen LogP contribution in [-0.2, 0) is 5.60 Å². The van der Waals surface area contributed by atoms with Gasteiger partial charge < -0.3 is 20.1 Å². The highest BCUT2D eigenvalue weighted by atomic mass is 16.5. The van der Waals surface area contributed by atoms with Crippen LogP contribution in [-0.4, -0.2) is 34.1 Å². The second-order valence-corrected chi connectivity index (χ2v) is 11.3. The van der Waals surface area contributed by atoms with Gasteiger partial charge in [0.05, 0.1) is 18.8 Å². The lowest BCUT2D eigenvalue weighted by Crippen LogP contribution is -2.64. The molecule has 4 heteroatoms. The summed E-state index contributed by atoms with van der Waals surface area (Å²) in [5.41, 5.74) is -1.52. The lowest BCUT2D eigenvalue weighted by molar-refractivity contribution is -0.238. The van der Waals surface area contributed by atoms with Gasteiger partial charge in [-0.25, -0.2) is 0 Å². The van der Waals surface area contributed by atoms with E-state index in [0.29, 0.717) is 30.4 Å². The van der Waals surface area contributed by atoms with Crippen LogP contribution in [0.1, 0.15) is 77.2 Å². The van der Waals surface area contributed by atoms with Crippen molar-refractivity contribution in [3.63, 3.8) is 0 Å². The number of ether oxygens (including phenoxy) is 1. The van der Waals surface area contributed by atoms with E-state index in [1.807, 2.05) is 24.3 Å². The third kappa shape index (κ3) is 2.45. The Morgan fingerprint density at radius 2 is 1.67 bits per heavy atom. The lowest BCUT2D eigenvalue weighted by Gasteiger charge is -2.64. The second-order valence-electron chi connectivity index (χ2n) is 11.3. The van der Waals surface area contributed by atoms with E-state index in [2.05, 4.69) is 13.8 Å². The van der Waals surface area contributed by atoms with Crippen molar-refractivity contribution in [3.05, 3.63) is 29.8 Å². The third-order valence-corrected chi connectivity index (χ3v) is 10.5. The van der Waals surface area contributed by atoms with Crippen molar-refractivity contribution in [2.75, 3.05) is 7.11 Å². The molecule has 4 fully saturated rings. The smallest absolute Gasteiger partial charge is 0.124 e. The molecule has 1 aromatic rings. The SMILES string of the molecule is COc1ccccc1C1(O)CC[C@@]2(O)[C@@H]3CCC4CC(O)CC[C@]4(C)[C@@H]3CC[C@]12C. The molecule has 0 heterocycles. The monoisotopic (exact) mass is 414 g/mol. The molecular weight excluding hydrogens is 376 g/mol. The molecule has 1 aromatic carbocycles. The van der Waals surface area contributed by atoms with Crippen LogP contribution < -0.4 is 4.74 Å². The van der Waals surface area contributed by atoms with Gasteiger partial charge in [-0.3, -0.25) is 0 Å². The molecule has 0 spiro atoms. The molecule has 166 valence electrons. The van der Waals surface area contributed by atoms with Gasteiger partial charge in [-0.05, 0) is 87.0 Å². The van der Waals surface area contributed by atoms with Crippen molar-refractivity contribution in [1.29, 1.82) is 0 Å². The summed E-state index contributed by atoms with van der Waals surface area (Å²) in [4.78, 5) is 0. The molecule has 8 atom stereocenters. The number of benzene rings is 1. The van der Waals surface area contributed by atoms with Crippen LogP contribution in [0.25, 0.3) is 0 Å². The minimum Gasteiger partial charge on any atom is -0.496 e. The van der Waals surface area contributed by atoms with Gasteiger partial charge >= 0.3 is 0 Å². The molecule has 5 rings (SSSR count). The van der Waals surface area contributed by atoms with Crippen molar-refractivity contribution in [2.45, 2.75) is 88.9 Å². The van der Waals surface area contributed by atoms with E-state index < -0.39 is 16.6 Å². The second kappa shape index (κ2) is 6.70. The number of hydrogen-bond donors (Lipinski definition) is 3. The van der Waals surface area contributed by atoms with Crippen LogP contribution in [0.3, 0.4) is 0 Å². The number of para-hydroxylation sites is 1. The molecule has 4 aliphatic carbocycles. The Kier molecular flexibility index (Phi) is 4.64. The summed E-state index contributed by atoms with van der Waals surface area (Å²) in [6.45, 7) is 4.55. The number of aliphatic hydroxyl groups is 3. The Hall–Kier alpha value is -1.10. The summed E-state index contributed by atoms with van der Waals surface area (Å²) in [7, 11) is 1.65. The predicted octanol–water partition coefficient (Wildman–Crippen LogP) is 4.40. The first-order valence-corrected chi connectivity index (χ1v) is 12.0. The van der Waals surface area contributed by atoms with E-state index in [4.69, 9.17) is 4.74 Å². The summed E-state index contributed by atoms with van der Waals surface area (Å²) in [6, 6.07) is 7.79. The van der Waals surface area contributed by atoms with E-state index in [1.54, 1.807) is 7.11 Å². The first-order valence-electron chi connectivity index (χ1n) is 12.0. The van der Waals surface area contributed by atoms with Gasteiger partial charge in [0.25, 0.3) is 0 Å². The summed E-state index contributed by atoms with van der Waals surface area (Å²) in [5, 5.41) is 34.7. The van der Waals surface area contributed by atoms with E-state index in [9.17, 15) is 15.3 Å². The van der Waals surface area contributed by atoms with Gasteiger partial charge in [0.1, 0.15) is 11.4 Å². The molecule has 0 radical (unpaired) electrons. The standard InChI is InChI=1S/C26H38O4/c1-23-12-10-18(27)16-17(23)8-9-20-19(23)11-13-24(2)25(20,28)14-15-26(24,29)21-6-4-5-7-22(21)30-3/h4-7,17-20,27-29H,8-16H2,1-3H3/t17?,18?,19-,20-,23+,24+,25-,26?/m1/s1. The Balaban J connectivity index is 1.54. The lowest BCUT2D eigenvalue weighted by atomic mass is 9.43. The average molecular weight is 415 g/mol. The zero-order valence-corrected chi connectivity index (χ0v) is 18.7. The fourth-order valence-corrected chi connectivity index (χ4v) is 8.64. The van der Waals surface area contributed by atoms with E-state index in [1.165, 1.54) is 0 Å². The zero-order chi connectivity index (χ0) is 21.4. The molecule has 0 amide bonds. The van der Waals surface area contributed by atoms with E-state index >= 15 is 0 Å². The van der Waals surface area contributed by atoms with Gasteiger partial charge in [-0.2, -0.15) is 0 Å². The van der Waals surface area contributed by atoms with Crippen LogP contribution >= 0.6 is 0 Å². The predicted molar refractivity (Wildman–Crippen MR) is 116 cm³/mol. The molecule has 3 N–H and O–H groups in total. The quantitative estimate of drug-likeness (QED) is 0.671. The van der Waals surface area contributed by atoms with Crippen LogP contribution in [0.5, 0.6) is 5.75 Å². The Morgan fingerprint density at radius 3 is 2.43 bits per heavy atom. The maximum absolute atomic E-state index is 12.3. The summed E-state index contributed by atoms with van der Waals surface area (Å²) < 4.78 is 5.62. The molecule has 0 saturated heterocycles. The highest BCUT2D eigenvalue weighted by Crippen LogP contribution is 2.72. The number of fused-ring (bicyclic) bond motifs is 5. The van der Waals surface area contributed by atoms with Crippen LogP contribution in [0.2, 0.25) is 0 Å². The van der Waals surface area contributed by atoms with Crippen molar-refractivity contribution >= 4 is 0 Å². The fourth-order valence-electron chi connectivity index (χ4n) is 8.64. The molecule has 3 unspecified atom stereocenters. The third-order valence-electron chi connectivity index (χ3n) is 10.5. The minimum absolute atomic E-state index is 0.154. The van der Waals surface area contributed by atoms with Crippen molar-refractivity contribution < 1.29 is 20.1 Å². The molecule has 0 aromatic heterocycles. The number of rotatable bonds is 2. The van der Waals surface area contributed by atoms with Crippen molar-refractivity contribution in [3.8, 4) is 5.75 Å². The Morgan fingerprint density at radius 1 is 0.900 bits per heavy atom. The normalized spacial score (nSPS) is 50.3. The number of methoxy groups -OCH3 is 1.